The number of methoxy groups -OCH3 is 2. The number of rotatable bonds is 14. The molecule has 4 aromatic carbocycles. The number of hydrogen-bond donors (Lipinski definition) is 1. The number of amides is 2. The molecule has 248 valence electrons. The fraction of sp³-hybridized carbons (Fsp3) is 0.278. The monoisotopic (exact) mass is 677 g/mol. The van der Waals surface area contributed by atoms with Gasteiger partial charge in [-0.25, -0.2) is 8.42 Å². The van der Waals surface area contributed by atoms with E-state index in [9.17, 15) is 18.0 Å². The molecule has 0 radical (unpaired) electrons. The minimum Gasteiger partial charge on any atom is -0.493 e. The third-order valence-corrected chi connectivity index (χ3v) is 9.55. The molecule has 1 unspecified atom stereocenters. The average Bonchev–Trinajstić information content (AvgIpc) is 3.05. The van der Waals surface area contributed by atoms with E-state index >= 15 is 0 Å². The second kappa shape index (κ2) is 15.8. The van der Waals surface area contributed by atoms with Crippen molar-refractivity contribution in [1.82, 2.24) is 10.2 Å². The van der Waals surface area contributed by atoms with Gasteiger partial charge in [0.05, 0.1) is 24.8 Å². The van der Waals surface area contributed by atoms with Gasteiger partial charge < -0.3 is 19.7 Å². The molecular weight excluding hydrogens is 638 g/mol. The fourth-order valence-corrected chi connectivity index (χ4v) is 6.60. The van der Waals surface area contributed by atoms with E-state index in [1.807, 2.05) is 51.1 Å². The van der Waals surface area contributed by atoms with Crippen molar-refractivity contribution >= 4 is 39.1 Å². The third-order valence-electron chi connectivity index (χ3n) is 7.51. The van der Waals surface area contributed by atoms with Gasteiger partial charge in [-0.3, -0.25) is 13.9 Å². The second-order valence-electron chi connectivity index (χ2n) is 11.4. The minimum atomic E-state index is -4.27. The van der Waals surface area contributed by atoms with Crippen molar-refractivity contribution in [2.24, 2.45) is 0 Å². The highest BCUT2D eigenvalue weighted by atomic mass is 35.5. The Balaban J connectivity index is 1.84. The molecule has 4 aromatic rings. The van der Waals surface area contributed by atoms with Crippen molar-refractivity contribution in [3.63, 3.8) is 0 Å². The number of hydrogen-bond acceptors (Lipinski definition) is 6. The molecule has 1 N–H and O–H groups in total. The molecule has 0 spiro atoms. The van der Waals surface area contributed by atoms with Crippen molar-refractivity contribution in [3.05, 3.63) is 119 Å². The highest BCUT2D eigenvalue weighted by molar-refractivity contribution is 7.92. The average molecular weight is 678 g/mol. The predicted octanol–water partition coefficient (Wildman–Crippen LogP) is 6.03. The van der Waals surface area contributed by atoms with Crippen LogP contribution in [-0.4, -0.2) is 58.0 Å². The van der Waals surface area contributed by atoms with Gasteiger partial charge in [0.2, 0.25) is 11.8 Å². The number of carbonyl (C=O) groups is 2. The van der Waals surface area contributed by atoms with Crippen LogP contribution in [0, 0.1) is 6.92 Å². The maximum Gasteiger partial charge on any atom is 0.264 e. The van der Waals surface area contributed by atoms with Crippen LogP contribution < -0.4 is 19.1 Å². The van der Waals surface area contributed by atoms with Crippen LogP contribution in [0.3, 0.4) is 0 Å². The lowest BCUT2D eigenvalue weighted by Gasteiger charge is -2.34. The van der Waals surface area contributed by atoms with Gasteiger partial charge in [-0.1, -0.05) is 71.8 Å². The number of nitrogens with one attached hydrogen (secondary N) is 1. The van der Waals surface area contributed by atoms with Crippen LogP contribution >= 0.6 is 11.6 Å². The Morgan fingerprint density at radius 3 is 2.06 bits per heavy atom. The van der Waals surface area contributed by atoms with Crippen LogP contribution in [0.4, 0.5) is 5.69 Å². The summed E-state index contributed by atoms with van der Waals surface area (Å²) >= 11 is 6.15. The standard InChI is InChI=1S/C36H40ClN3O6S/c1-25(2)38-36(42)32(21-27-9-7-6-8-10-27)39(23-28-13-15-29(37)16-14-28)35(41)24-40(30-17-20-33(45-4)34(22-30)46-5)47(43,44)31-18-11-26(3)12-19-31/h6-20,22,25,32H,21,23-24H2,1-5H3,(H,38,42). The number of ether oxygens (including phenoxy) is 2. The Morgan fingerprint density at radius 1 is 0.830 bits per heavy atom. The van der Waals surface area contributed by atoms with E-state index in [4.69, 9.17) is 21.1 Å². The molecule has 0 aliphatic carbocycles. The Labute approximate surface area is 282 Å². The number of sulfonamides is 1. The van der Waals surface area contributed by atoms with Gasteiger partial charge in [-0.05, 0) is 68.3 Å². The van der Waals surface area contributed by atoms with Crippen LogP contribution in [-0.2, 0) is 32.6 Å². The first-order valence-corrected chi connectivity index (χ1v) is 16.9. The lowest BCUT2D eigenvalue weighted by Crippen LogP contribution is -2.54. The molecule has 1 atom stereocenters. The van der Waals surface area contributed by atoms with E-state index in [0.717, 1.165) is 21.0 Å². The zero-order valence-electron chi connectivity index (χ0n) is 27.1. The Bertz CT molecular complexity index is 1770. The highest BCUT2D eigenvalue weighted by Gasteiger charge is 2.35. The molecule has 11 heteroatoms. The SMILES string of the molecule is COc1ccc(N(CC(=O)N(Cc2ccc(Cl)cc2)C(Cc2ccccc2)C(=O)NC(C)C)S(=O)(=O)c2ccc(C)cc2)cc1OC. The van der Waals surface area contributed by atoms with Crippen LogP contribution in [0.2, 0.25) is 5.02 Å². The van der Waals surface area contributed by atoms with Crippen molar-refractivity contribution in [2.75, 3.05) is 25.1 Å². The summed E-state index contributed by atoms with van der Waals surface area (Å²) in [5.74, 6) is -0.249. The van der Waals surface area contributed by atoms with E-state index in [2.05, 4.69) is 5.32 Å². The van der Waals surface area contributed by atoms with Gasteiger partial charge in [0, 0.05) is 30.1 Å². The molecule has 2 amide bonds. The molecule has 0 saturated carbocycles. The number of nitrogens with zero attached hydrogens (tertiary/aromatic N) is 2. The van der Waals surface area contributed by atoms with Crippen LogP contribution in [0.5, 0.6) is 11.5 Å². The zero-order valence-corrected chi connectivity index (χ0v) is 28.7. The lowest BCUT2D eigenvalue weighted by molar-refractivity contribution is -0.140. The number of carbonyl (C=O) groups excluding carboxylic acids is 2. The van der Waals surface area contributed by atoms with Crippen molar-refractivity contribution in [2.45, 2.75) is 50.7 Å². The molecule has 0 bridgehead atoms. The van der Waals surface area contributed by atoms with E-state index in [1.54, 1.807) is 48.5 Å². The van der Waals surface area contributed by atoms with Crippen molar-refractivity contribution in [1.29, 1.82) is 0 Å². The van der Waals surface area contributed by atoms with Gasteiger partial charge in [-0.15, -0.1) is 0 Å². The summed E-state index contributed by atoms with van der Waals surface area (Å²) < 4.78 is 40.4. The van der Waals surface area contributed by atoms with E-state index in [0.29, 0.717) is 10.8 Å². The number of aryl methyl sites for hydroxylation is 1. The molecule has 0 fully saturated rings. The van der Waals surface area contributed by atoms with Gasteiger partial charge in [0.15, 0.2) is 11.5 Å². The van der Waals surface area contributed by atoms with Gasteiger partial charge in [0.25, 0.3) is 10.0 Å². The van der Waals surface area contributed by atoms with E-state index in [-0.39, 0.29) is 41.2 Å². The van der Waals surface area contributed by atoms with Gasteiger partial charge in [-0.2, -0.15) is 0 Å². The summed E-state index contributed by atoms with van der Waals surface area (Å²) in [6, 6.07) is 26.2. The first-order chi connectivity index (χ1) is 22.4. The van der Waals surface area contributed by atoms with E-state index in [1.165, 1.54) is 37.3 Å². The smallest absolute Gasteiger partial charge is 0.264 e. The molecule has 9 nitrogen and oxygen atoms in total. The summed E-state index contributed by atoms with van der Waals surface area (Å²) in [6.45, 7) is 4.98. The number of halogens is 1. The normalized spacial score (nSPS) is 11.9. The predicted molar refractivity (Wildman–Crippen MR) is 184 cm³/mol. The third kappa shape index (κ3) is 9.05. The Morgan fingerprint density at radius 2 is 1.47 bits per heavy atom. The summed E-state index contributed by atoms with van der Waals surface area (Å²) in [5, 5.41) is 3.47. The first-order valence-electron chi connectivity index (χ1n) is 15.1. The molecule has 47 heavy (non-hydrogen) atoms. The Hall–Kier alpha value is -4.54. The zero-order chi connectivity index (χ0) is 34.1. The molecular formula is C36H40ClN3O6S. The molecule has 0 aromatic heterocycles. The first kappa shape index (κ1) is 35.3. The number of benzene rings is 4. The van der Waals surface area contributed by atoms with Gasteiger partial charge >= 0.3 is 0 Å². The molecule has 0 saturated heterocycles. The summed E-state index contributed by atoms with van der Waals surface area (Å²) in [7, 11) is -1.35. The summed E-state index contributed by atoms with van der Waals surface area (Å²) in [4.78, 5) is 29.9. The summed E-state index contributed by atoms with van der Waals surface area (Å²) in [6.07, 6.45) is 0.208. The van der Waals surface area contributed by atoms with Crippen LogP contribution in [0.15, 0.2) is 102 Å². The minimum absolute atomic E-state index is 0.00771. The molecule has 0 heterocycles. The van der Waals surface area contributed by atoms with Crippen LogP contribution in [0.25, 0.3) is 0 Å². The maximum absolute atomic E-state index is 14.6. The quantitative estimate of drug-likeness (QED) is 0.175. The lowest BCUT2D eigenvalue weighted by atomic mass is 10.0. The molecule has 4 rings (SSSR count). The second-order valence-corrected chi connectivity index (χ2v) is 13.7. The molecule has 0 aliphatic heterocycles. The van der Waals surface area contributed by atoms with Crippen molar-refractivity contribution in [3.8, 4) is 11.5 Å². The van der Waals surface area contributed by atoms with Crippen molar-refractivity contribution < 1.29 is 27.5 Å². The topological polar surface area (TPSA) is 105 Å². The fourth-order valence-electron chi connectivity index (χ4n) is 5.07. The van der Waals surface area contributed by atoms with E-state index < -0.39 is 28.5 Å². The largest absolute Gasteiger partial charge is 0.493 e. The summed E-state index contributed by atoms with van der Waals surface area (Å²) in [5.41, 5.74) is 2.63. The van der Waals surface area contributed by atoms with Crippen LogP contribution in [0.1, 0.15) is 30.5 Å². The number of anilines is 1. The maximum atomic E-state index is 14.6. The molecule has 0 aliphatic rings. The Kier molecular flexibility index (Phi) is 11.9. The highest BCUT2D eigenvalue weighted by Crippen LogP contribution is 2.34. The van der Waals surface area contributed by atoms with Gasteiger partial charge in [0.1, 0.15) is 12.6 Å².